The Labute approximate surface area is 140 Å². The number of anilines is 1. The summed E-state index contributed by atoms with van der Waals surface area (Å²) in [6.45, 7) is 0. The Morgan fingerprint density at radius 3 is 2.04 bits per heavy atom. The molecule has 0 bridgehead atoms. The summed E-state index contributed by atoms with van der Waals surface area (Å²) in [4.78, 5) is 12.2. The van der Waals surface area contributed by atoms with Crippen molar-refractivity contribution >= 4 is 23.2 Å². The molecule has 2 aromatic carbocycles. The van der Waals surface area contributed by atoms with E-state index in [0.29, 0.717) is 28.0 Å². The molecule has 5 nitrogen and oxygen atoms in total. The Balaban J connectivity index is 2.15. The predicted octanol–water partition coefficient (Wildman–Crippen LogP) is 3.55. The summed E-state index contributed by atoms with van der Waals surface area (Å²) in [5.74, 6) is 1.38. The van der Waals surface area contributed by atoms with Gasteiger partial charge in [0.1, 0.15) is 0 Å². The van der Waals surface area contributed by atoms with E-state index in [4.69, 9.17) is 25.8 Å². The number of ether oxygens (including phenoxy) is 3. The molecule has 0 aliphatic heterocycles. The summed E-state index contributed by atoms with van der Waals surface area (Å²) in [6, 6.07) is 10.4. The minimum atomic E-state index is -0.151. The number of amides is 1. The Morgan fingerprint density at radius 2 is 1.57 bits per heavy atom. The molecule has 0 heterocycles. The Hall–Kier alpha value is -2.40. The van der Waals surface area contributed by atoms with Gasteiger partial charge in [-0.05, 0) is 42.0 Å². The van der Waals surface area contributed by atoms with Crippen molar-refractivity contribution in [1.29, 1.82) is 0 Å². The van der Waals surface area contributed by atoms with Crippen molar-refractivity contribution in [2.24, 2.45) is 0 Å². The summed E-state index contributed by atoms with van der Waals surface area (Å²) in [7, 11) is 4.61. The molecule has 0 spiro atoms. The van der Waals surface area contributed by atoms with Crippen molar-refractivity contribution < 1.29 is 19.0 Å². The molecule has 1 N–H and O–H groups in total. The van der Waals surface area contributed by atoms with E-state index in [0.717, 1.165) is 5.56 Å². The van der Waals surface area contributed by atoms with Crippen LogP contribution in [0.3, 0.4) is 0 Å². The maximum atomic E-state index is 12.2. The van der Waals surface area contributed by atoms with Crippen LogP contribution in [0.2, 0.25) is 5.02 Å². The minimum Gasteiger partial charge on any atom is -0.493 e. The van der Waals surface area contributed by atoms with Crippen LogP contribution in [0, 0.1) is 0 Å². The first kappa shape index (κ1) is 17.0. The molecule has 0 saturated carbocycles. The average Bonchev–Trinajstić information content (AvgIpc) is 2.55. The Morgan fingerprint density at radius 1 is 1.00 bits per heavy atom. The van der Waals surface area contributed by atoms with Crippen molar-refractivity contribution in [3.63, 3.8) is 0 Å². The van der Waals surface area contributed by atoms with Gasteiger partial charge in [0.15, 0.2) is 11.5 Å². The molecular formula is C17H18ClNO4. The van der Waals surface area contributed by atoms with Crippen LogP contribution in [0.4, 0.5) is 5.69 Å². The number of halogens is 1. The van der Waals surface area contributed by atoms with Crippen molar-refractivity contribution in [3.8, 4) is 17.2 Å². The molecule has 0 fully saturated rings. The number of carbonyl (C=O) groups is 1. The largest absolute Gasteiger partial charge is 0.493 e. The SMILES string of the molecule is COc1cc(CC(=O)Nc2ccc(Cl)cc2)cc(OC)c1OC. The van der Waals surface area contributed by atoms with Gasteiger partial charge in [-0.2, -0.15) is 0 Å². The van der Waals surface area contributed by atoms with Crippen molar-refractivity contribution in [3.05, 3.63) is 47.0 Å². The molecule has 0 saturated heterocycles. The van der Waals surface area contributed by atoms with E-state index in [1.54, 1.807) is 36.4 Å². The lowest BCUT2D eigenvalue weighted by atomic mass is 10.1. The fourth-order valence-electron chi connectivity index (χ4n) is 2.16. The molecule has 0 unspecified atom stereocenters. The average molecular weight is 336 g/mol. The molecule has 0 aliphatic carbocycles. The van der Waals surface area contributed by atoms with Crippen LogP contribution in [-0.4, -0.2) is 27.2 Å². The number of hydrogen-bond donors (Lipinski definition) is 1. The quantitative estimate of drug-likeness (QED) is 0.877. The van der Waals surface area contributed by atoms with Gasteiger partial charge >= 0.3 is 0 Å². The molecule has 0 aliphatic rings. The molecule has 122 valence electrons. The first-order chi connectivity index (χ1) is 11.1. The van der Waals surface area contributed by atoms with Crippen LogP contribution in [0.25, 0.3) is 0 Å². The minimum absolute atomic E-state index is 0.151. The number of nitrogens with one attached hydrogen (secondary N) is 1. The van der Waals surface area contributed by atoms with Gasteiger partial charge in [0.25, 0.3) is 0 Å². The van der Waals surface area contributed by atoms with Gasteiger partial charge < -0.3 is 19.5 Å². The molecule has 23 heavy (non-hydrogen) atoms. The summed E-state index contributed by atoms with van der Waals surface area (Å²) in [5.41, 5.74) is 1.44. The molecule has 6 heteroatoms. The van der Waals surface area contributed by atoms with E-state index >= 15 is 0 Å². The standard InChI is InChI=1S/C17H18ClNO4/c1-21-14-8-11(9-15(22-2)17(14)23-3)10-16(20)19-13-6-4-12(18)5-7-13/h4-9H,10H2,1-3H3,(H,19,20). The second-order valence-corrected chi connectivity index (χ2v) is 5.20. The third-order valence-electron chi connectivity index (χ3n) is 3.22. The van der Waals surface area contributed by atoms with Gasteiger partial charge in [0, 0.05) is 10.7 Å². The highest BCUT2D eigenvalue weighted by Gasteiger charge is 2.15. The first-order valence-electron chi connectivity index (χ1n) is 6.91. The van der Waals surface area contributed by atoms with Gasteiger partial charge in [-0.3, -0.25) is 4.79 Å². The van der Waals surface area contributed by atoms with E-state index in [1.165, 1.54) is 21.3 Å². The molecule has 0 aromatic heterocycles. The zero-order chi connectivity index (χ0) is 16.8. The molecule has 2 aromatic rings. The van der Waals surface area contributed by atoms with Crippen molar-refractivity contribution in [2.75, 3.05) is 26.6 Å². The lowest BCUT2D eigenvalue weighted by Crippen LogP contribution is -2.14. The van der Waals surface area contributed by atoms with E-state index in [2.05, 4.69) is 5.32 Å². The Kier molecular flexibility index (Phi) is 5.71. The summed E-state index contributed by atoms with van der Waals surface area (Å²) in [6.07, 6.45) is 0.180. The maximum absolute atomic E-state index is 12.2. The normalized spacial score (nSPS) is 10.1. The maximum Gasteiger partial charge on any atom is 0.228 e. The third kappa shape index (κ3) is 4.29. The molecule has 1 amide bonds. The van der Waals surface area contributed by atoms with Crippen LogP contribution in [-0.2, 0) is 11.2 Å². The van der Waals surface area contributed by atoms with E-state index in [9.17, 15) is 4.79 Å². The van der Waals surface area contributed by atoms with E-state index in [-0.39, 0.29) is 12.3 Å². The van der Waals surface area contributed by atoms with Gasteiger partial charge in [-0.25, -0.2) is 0 Å². The van der Waals surface area contributed by atoms with Crippen LogP contribution in [0.15, 0.2) is 36.4 Å². The van der Waals surface area contributed by atoms with Gasteiger partial charge in [0.05, 0.1) is 27.8 Å². The lowest BCUT2D eigenvalue weighted by molar-refractivity contribution is -0.115. The topological polar surface area (TPSA) is 56.8 Å². The second kappa shape index (κ2) is 7.74. The summed E-state index contributed by atoms with van der Waals surface area (Å²) >= 11 is 5.82. The predicted molar refractivity (Wildman–Crippen MR) is 89.9 cm³/mol. The van der Waals surface area contributed by atoms with Crippen LogP contribution in [0.5, 0.6) is 17.2 Å². The highest BCUT2D eigenvalue weighted by Crippen LogP contribution is 2.38. The number of carbonyl (C=O) groups excluding carboxylic acids is 1. The highest BCUT2D eigenvalue weighted by atomic mass is 35.5. The second-order valence-electron chi connectivity index (χ2n) is 4.77. The van der Waals surface area contributed by atoms with E-state index in [1.807, 2.05) is 0 Å². The summed E-state index contributed by atoms with van der Waals surface area (Å²) in [5, 5.41) is 3.43. The first-order valence-corrected chi connectivity index (χ1v) is 7.29. The number of benzene rings is 2. The zero-order valence-electron chi connectivity index (χ0n) is 13.2. The highest BCUT2D eigenvalue weighted by molar-refractivity contribution is 6.30. The van der Waals surface area contributed by atoms with Crippen LogP contribution < -0.4 is 19.5 Å². The molecule has 2 rings (SSSR count). The zero-order valence-corrected chi connectivity index (χ0v) is 13.9. The van der Waals surface area contributed by atoms with Gasteiger partial charge in [-0.15, -0.1) is 0 Å². The van der Waals surface area contributed by atoms with Gasteiger partial charge in [-0.1, -0.05) is 11.6 Å². The van der Waals surface area contributed by atoms with Crippen molar-refractivity contribution in [1.82, 2.24) is 0 Å². The molecule has 0 radical (unpaired) electrons. The lowest BCUT2D eigenvalue weighted by Gasteiger charge is -2.14. The smallest absolute Gasteiger partial charge is 0.228 e. The number of rotatable bonds is 6. The van der Waals surface area contributed by atoms with Crippen LogP contribution >= 0.6 is 11.6 Å². The number of hydrogen-bond acceptors (Lipinski definition) is 4. The number of methoxy groups -OCH3 is 3. The Bertz CT molecular complexity index is 660. The van der Waals surface area contributed by atoms with Crippen molar-refractivity contribution in [2.45, 2.75) is 6.42 Å². The molecule has 0 atom stereocenters. The fraction of sp³-hybridized carbons (Fsp3) is 0.235. The van der Waals surface area contributed by atoms with E-state index < -0.39 is 0 Å². The third-order valence-corrected chi connectivity index (χ3v) is 3.47. The summed E-state index contributed by atoms with van der Waals surface area (Å²) < 4.78 is 15.8. The van der Waals surface area contributed by atoms with Gasteiger partial charge in [0.2, 0.25) is 11.7 Å². The van der Waals surface area contributed by atoms with Crippen LogP contribution in [0.1, 0.15) is 5.56 Å². The molecular weight excluding hydrogens is 318 g/mol. The fourth-order valence-corrected chi connectivity index (χ4v) is 2.29. The monoisotopic (exact) mass is 335 g/mol.